The van der Waals surface area contributed by atoms with Crippen LogP contribution < -0.4 is 5.32 Å². The van der Waals surface area contributed by atoms with Gasteiger partial charge in [0.05, 0.1) is 10.9 Å². The number of nitrogens with one attached hydrogen (secondary N) is 1. The van der Waals surface area contributed by atoms with Crippen LogP contribution in [0.4, 0.5) is 0 Å². The van der Waals surface area contributed by atoms with Crippen molar-refractivity contribution in [2.75, 3.05) is 12.8 Å². The van der Waals surface area contributed by atoms with E-state index in [-0.39, 0.29) is 6.04 Å². The smallest absolute Gasteiger partial charge is 0.175 e. The summed E-state index contributed by atoms with van der Waals surface area (Å²) in [6.07, 6.45) is 1.24. The van der Waals surface area contributed by atoms with Crippen LogP contribution in [0.15, 0.2) is 46.0 Å². The Labute approximate surface area is 118 Å². The number of benzene rings is 1. The van der Waals surface area contributed by atoms with E-state index in [0.29, 0.717) is 4.90 Å². The Bertz CT molecular complexity index is 633. The molecule has 0 aliphatic carbocycles. The van der Waals surface area contributed by atoms with Crippen molar-refractivity contribution < 1.29 is 8.42 Å². The van der Waals surface area contributed by atoms with Crippen LogP contribution in [0.25, 0.3) is 0 Å². The van der Waals surface area contributed by atoms with Gasteiger partial charge in [0.2, 0.25) is 0 Å². The molecule has 0 spiro atoms. The Morgan fingerprint density at radius 3 is 2.63 bits per heavy atom. The maximum Gasteiger partial charge on any atom is 0.175 e. The molecule has 0 amide bonds. The second kappa shape index (κ2) is 5.86. The molecule has 5 heteroatoms. The molecule has 0 fully saturated rings. The maximum absolute atomic E-state index is 11.6. The SMILES string of the molecule is CCNC(c1ccsc1)c1cccc(S(C)(=O)=O)c1. The Balaban J connectivity index is 2.43. The van der Waals surface area contributed by atoms with Gasteiger partial charge >= 0.3 is 0 Å². The summed E-state index contributed by atoms with van der Waals surface area (Å²) < 4.78 is 23.3. The van der Waals surface area contributed by atoms with Crippen molar-refractivity contribution in [2.24, 2.45) is 0 Å². The van der Waals surface area contributed by atoms with Crippen molar-refractivity contribution in [3.8, 4) is 0 Å². The predicted molar refractivity (Wildman–Crippen MR) is 79.4 cm³/mol. The molecule has 2 aromatic rings. The summed E-state index contributed by atoms with van der Waals surface area (Å²) in [5, 5.41) is 7.50. The van der Waals surface area contributed by atoms with Gasteiger partial charge in [-0.3, -0.25) is 0 Å². The van der Waals surface area contributed by atoms with Crippen LogP contribution in [-0.2, 0) is 9.84 Å². The third kappa shape index (κ3) is 3.43. The zero-order valence-electron chi connectivity index (χ0n) is 11.0. The number of sulfone groups is 1. The molecule has 0 radical (unpaired) electrons. The van der Waals surface area contributed by atoms with Gasteiger partial charge in [0.25, 0.3) is 0 Å². The van der Waals surface area contributed by atoms with E-state index in [1.807, 2.05) is 18.4 Å². The largest absolute Gasteiger partial charge is 0.307 e. The standard InChI is InChI=1S/C14H17NO2S2/c1-3-15-14(12-7-8-18-10-12)11-5-4-6-13(9-11)19(2,16)17/h4-10,14-15H,3H2,1-2H3. The minimum absolute atomic E-state index is 0.0398. The number of thiophene rings is 1. The molecule has 0 saturated carbocycles. The van der Waals surface area contributed by atoms with Crippen LogP contribution in [0.2, 0.25) is 0 Å². The fraction of sp³-hybridized carbons (Fsp3) is 0.286. The summed E-state index contributed by atoms with van der Waals surface area (Å²) in [4.78, 5) is 0.364. The highest BCUT2D eigenvalue weighted by molar-refractivity contribution is 7.90. The molecule has 102 valence electrons. The maximum atomic E-state index is 11.6. The third-order valence-electron chi connectivity index (χ3n) is 2.90. The molecule has 1 N–H and O–H groups in total. The average molecular weight is 295 g/mol. The van der Waals surface area contributed by atoms with E-state index in [1.165, 1.54) is 6.26 Å². The number of hydrogen-bond donors (Lipinski definition) is 1. The molecule has 1 unspecified atom stereocenters. The number of hydrogen-bond acceptors (Lipinski definition) is 4. The van der Waals surface area contributed by atoms with Crippen LogP contribution in [0.3, 0.4) is 0 Å². The van der Waals surface area contributed by atoms with Gasteiger partial charge in [-0.1, -0.05) is 19.1 Å². The van der Waals surface area contributed by atoms with E-state index in [9.17, 15) is 8.42 Å². The molecule has 0 bridgehead atoms. The molecule has 2 rings (SSSR count). The van der Waals surface area contributed by atoms with Crippen LogP contribution in [0.1, 0.15) is 24.1 Å². The summed E-state index contributed by atoms with van der Waals surface area (Å²) >= 11 is 1.64. The van der Waals surface area contributed by atoms with Crippen LogP contribution in [-0.4, -0.2) is 21.2 Å². The zero-order valence-corrected chi connectivity index (χ0v) is 12.6. The third-order valence-corrected chi connectivity index (χ3v) is 4.72. The quantitative estimate of drug-likeness (QED) is 0.922. The van der Waals surface area contributed by atoms with Gasteiger partial charge in [-0.2, -0.15) is 11.3 Å². The van der Waals surface area contributed by atoms with Gasteiger partial charge in [-0.15, -0.1) is 0 Å². The summed E-state index contributed by atoms with van der Waals surface area (Å²) in [7, 11) is -3.17. The number of rotatable bonds is 5. The van der Waals surface area contributed by atoms with E-state index >= 15 is 0 Å². The first kappa shape index (κ1) is 14.2. The average Bonchev–Trinajstić information content (AvgIpc) is 2.88. The summed E-state index contributed by atoms with van der Waals surface area (Å²) in [5.74, 6) is 0. The molecule has 0 aliphatic rings. The van der Waals surface area contributed by atoms with Gasteiger partial charge in [-0.25, -0.2) is 8.42 Å². The fourth-order valence-corrected chi connectivity index (χ4v) is 3.36. The van der Waals surface area contributed by atoms with E-state index in [0.717, 1.165) is 17.7 Å². The fourth-order valence-electron chi connectivity index (χ4n) is 2.00. The van der Waals surface area contributed by atoms with Gasteiger partial charge in [-0.05, 0) is 46.6 Å². The monoisotopic (exact) mass is 295 g/mol. The molecule has 1 aromatic heterocycles. The van der Waals surface area contributed by atoms with Crippen molar-refractivity contribution in [3.05, 3.63) is 52.2 Å². The van der Waals surface area contributed by atoms with Crippen molar-refractivity contribution in [1.82, 2.24) is 5.32 Å². The summed E-state index contributed by atoms with van der Waals surface area (Å²) in [6.45, 7) is 2.86. The van der Waals surface area contributed by atoms with Crippen molar-refractivity contribution in [2.45, 2.75) is 17.9 Å². The predicted octanol–water partition coefficient (Wildman–Crippen LogP) is 2.85. The molecule has 0 saturated heterocycles. The lowest BCUT2D eigenvalue weighted by Gasteiger charge is -2.18. The Hall–Kier alpha value is -1.17. The van der Waals surface area contributed by atoms with E-state index in [2.05, 4.69) is 16.8 Å². The van der Waals surface area contributed by atoms with Crippen molar-refractivity contribution in [3.63, 3.8) is 0 Å². The lowest BCUT2D eigenvalue weighted by molar-refractivity contribution is 0.600. The van der Waals surface area contributed by atoms with Crippen LogP contribution >= 0.6 is 11.3 Å². The first-order chi connectivity index (χ1) is 9.02. The van der Waals surface area contributed by atoms with Crippen LogP contribution in [0, 0.1) is 0 Å². The van der Waals surface area contributed by atoms with Gasteiger partial charge in [0, 0.05) is 6.26 Å². The topological polar surface area (TPSA) is 46.2 Å². The minimum Gasteiger partial charge on any atom is -0.307 e. The minimum atomic E-state index is -3.17. The Morgan fingerprint density at radius 2 is 2.05 bits per heavy atom. The van der Waals surface area contributed by atoms with E-state index < -0.39 is 9.84 Å². The van der Waals surface area contributed by atoms with Crippen molar-refractivity contribution in [1.29, 1.82) is 0 Å². The van der Waals surface area contributed by atoms with Crippen LogP contribution in [0.5, 0.6) is 0 Å². The van der Waals surface area contributed by atoms with Gasteiger partial charge in [0.15, 0.2) is 9.84 Å². The molecule has 1 heterocycles. The Kier molecular flexibility index (Phi) is 4.39. The molecular formula is C14H17NO2S2. The normalized spacial score (nSPS) is 13.4. The molecule has 1 aromatic carbocycles. The lowest BCUT2D eigenvalue weighted by atomic mass is 10.0. The second-order valence-corrected chi connectivity index (χ2v) is 7.19. The van der Waals surface area contributed by atoms with Gasteiger partial charge < -0.3 is 5.32 Å². The highest BCUT2D eigenvalue weighted by atomic mass is 32.2. The molecule has 1 atom stereocenters. The zero-order chi connectivity index (χ0) is 13.9. The van der Waals surface area contributed by atoms with E-state index in [1.54, 1.807) is 29.5 Å². The molecule has 19 heavy (non-hydrogen) atoms. The van der Waals surface area contributed by atoms with E-state index in [4.69, 9.17) is 0 Å². The van der Waals surface area contributed by atoms with Gasteiger partial charge in [0.1, 0.15) is 0 Å². The highest BCUT2D eigenvalue weighted by Crippen LogP contribution is 2.25. The molecule has 0 aliphatic heterocycles. The highest BCUT2D eigenvalue weighted by Gasteiger charge is 2.15. The summed E-state index contributed by atoms with van der Waals surface area (Å²) in [5.41, 5.74) is 2.14. The first-order valence-corrected chi connectivity index (χ1v) is 8.91. The summed E-state index contributed by atoms with van der Waals surface area (Å²) in [6, 6.07) is 9.24. The molecular weight excluding hydrogens is 278 g/mol. The van der Waals surface area contributed by atoms with Crippen molar-refractivity contribution >= 4 is 21.2 Å². The first-order valence-electron chi connectivity index (χ1n) is 6.08. The molecule has 3 nitrogen and oxygen atoms in total. The Morgan fingerprint density at radius 1 is 1.26 bits per heavy atom. The second-order valence-electron chi connectivity index (χ2n) is 4.39. The lowest BCUT2D eigenvalue weighted by Crippen LogP contribution is -2.21.